The SMILES string of the molecule is C=C1C[C@H]2[C@@H]3C[C@H](CO)C4=CC(=O)CC[C@@H]4[C@H]3CC[C@]2(C)[C@H]1C#N. The van der Waals surface area contributed by atoms with Gasteiger partial charge in [-0.2, -0.15) is 5.26 Å². The molecule has 0 heterocycles. The highest BCUT2D eigenvalue weighted by atomic mass is 16.3. The summed E-state index contributed by atoms with van der Waals surface area (Å²) in [5.74, 6) is 2.52. The number of nitriles is 1. The van der Waals surface area contributed by atoms with E-state index < -0.39 is 0 Å². The van der Waals surface area contributed by atoms with Gasteiger partial charge in [0.2, 0.25) is 0 Å². The normalized spacial score (nSPS) is 47.3. The van der Waals surface area contributed by atoms with Crippen LogP contribution in [0.4, 0.5) is 0 Å². The quantitative estimate of drug-likeness (QED) is 0.749. The van der Waals surface area contributed by atoms with E-state index in [9.17, 15) is 15.2 Å². The molecule has 4 aliphatic rings. The summed E-state index contributed by atoms with van der Waals surface area (Å²) in [6.45, 7) is 6.66. The van der Waals surface area contributed by atoms with E-state index in [0.717, 1.165) is 37.7 Å². The molecule has 3 saturated carbocycles. The van der Waals surface area contributed by atoms with Crippen LogP contribution in [0.1, 0.15) is 45.4 Å². The van der Waals surface area contributed by atoms with E-state index in [2.05, 4.69) is 19.6 Å². The van der Waals surface area contributed by atoms with Crippen molar-refractivity contribution in [2.75, 3.05) is 6.61 Å². The number of nitrogens with zero attached hydrogens (tertiary/aromatic N) is 1. The minimum atomic E-state index is -0.0131. The van der Waals surface area contributed by atoms with Crippen LogP contribution in [-0.4, -0.2) is 17.5 Å². The highest BCUT2D eigenvalue weighted by Gasteiger charge is 2.58. The smallest absolute Gasteiger partial charge is 0.155 e. The molecular formula is C21H27NO2. The first-order chi connectivity index (χ1) is 11.5. The first-order valence-electron chi connectivity index (χ1n) is 9.42. The predicted octanol–water partition coefficient (Wildman–Crippen LogP) is 3.65. The Hall–Kier alpha value is -1.40. The molecule has 0 bridgehead atoms. The number of rotatable bonds is 1. The molecule has 3 nitrogen and oxygen atoms in total. The number of aliphatic hydroxyl groups excluding tert-OH is 1. The molecule has 4 rings (SSSR count). The fourth-order valence-electron chi connectivity index (χ4n) is 6.71. The number of hydrogen-bond acceptors (Lipinski definition) is 3. The Labute approximate surface area is 144 Å². The summed E-state index contributed by atoms with van der Waals surface area (Å²) in [5.41, 5.74) is 2.40. The molecule has 0 amide bonds. The lowest BCUT2D eigenvalue weighted by atomic mass is 9.50. The van der Waals surface area contributed by atoms with Crippen LogP contribution in [0.15, 0.2) is 23.8 Å². The van der Waals surface area contributed by atoms with Gasteiger partial charge >= 0.3 is 0 Å². The van der Waals surface area contributed by atoms with Gasteiger partial charge in [0.15, 0.2) is 5.78 Å². The molecule has 4 aliphatic carbocycles. The summed E-state index contributed by atoms with van der Waals surface area (Å²) in [7, 11) is 0. The van der Waals surface area contributed by atoms with Gasteiger partial charge in [0.25, 0.3) is 0 Å². The lowest BCUT2D eigenvalue weighted by Crippen LogP contribution is -2.48. The average molecular weight is 325 g/mol. The van der Waals surface area contributed by atoms with E-state index in [1.54, 1.807) is 0 Å². The van der Waals surface area contributed by atoms with E-state index in [1.807, 2.05) is 6.08 Å². The molecule has 24 heavy (non-hydrogen) atoms. The number of ketones is 1. The van der Waals surface area contributed by atoms with Crippen molar-refractivity contribution < 1.29 is 9.90 Å². The first kappa shape index (κ1) is 16.1. The second kappa shape index (κ2) is 5.56. The Bertz CT molecular complexity index is 657. The number of aliphatic hydroxyl groups is 1. The second-order valence-electron chi connectivity index (χ2n) is 8.77. The standard InChI is InChI=1S/C21H27NO2/c1-12-7-19-18-8-13(11-23)17-9-14(24)3-4-15(17)16(18)5-6-21(19,2)20(12)10-22/h9,13,15-16,18-20,23H,1,3-8,11H2,2H3/t13-,15-,16-,18-,19+,20+,21+/m1/s1. The molecule has 0 radical (unpaired) electrons. The van der Waals surface area contributed by atoms with Gasteiger partial charge in [-0.1, -0.05) is 24.6 Å². The van der Waals surface area contributed by atoms with Crippen LogP contribution in [0.25, 0.3) is 0 Å². The molecule has 3 heteroatoms. The summed E-state index contributed by atoms with van der Waals surface area (Å²) in [5, 5.41) is 19.6. The maximum Gasteiger partial charge on any atom is 0.155 e. The van der Waals surface area contributed by atoms with E-state index >= 15 is 0 Å². The molecule has 3 fully saturated rings. The number of fused-ring (bicyclic) bond motifs is 5. The van der Waals surface area contributed by atoms with Crippen LogP contribution in [0.5, 0.6) is 0 Å². The van der Waals surface area contributed by atoms with Crippen molar-refractivity contribution in [3.63, 3.8) is 0 Å². The third kappa shape index (κ3) is 2.09. The van der Waals surface area contributed by atoms with Gasteiger partial charge in [-0.25, -0.2) is 0 Å². The molecule has 0 aromatic heterocycles. The Balaban J connectivity index is 1.70. The third-order valence-electron chi connectivity index (χ3n) is 7.83. The molecule has 0 unspecified atom stereocenters. The average Bonchev–Trinajstić information content (AvgIpc) is 2.83. The second-order valence-corrected chi connectivity index (χ2v) is 8.77. The van der Waals surface area contributed by atoms with Gasteiger partial charge in [0, 0.05) is 18.9 Å². The Morgan fingerprint density at radius 2 is 2.21 bits per heavy atom. The summed E-state index contributed by atoms with van der Waals surface area (Å²) in [6.07, 6.45) is 7.65. The van der Waals surface area contributed by atoms with Gasteiger partial charge in [-0.15, -0.1) is 0 Å². The molecule has 7 atom stereocenters. The molecular weight excluding hydrogens is 298 g/mol. The van der Waals surface area contributed by atoms with E-state index in [4.69, 9.17) is 0 Å². The zero-order chi connectivity index (χ0) is 17.1. The molecule has 0 aromatic carbocycles. The lowest BCUT2D eigenvalue weighted by Gasteiger charge is -2.54. The molecule has 128 valence electrons. The fourth-order valence-corrected chi connectivity index (χ4v) is 6.71. The van der Waals surface area contributed by atoms with Crippen molar-refractivity contribution >= 4 is 5.78 Å². The zero-order valence-corrected chi connectivity index (χ0v) is 14.5. The maximum atomic E-state index is 11.9. The lowest BCUT2D eigenvalue weighted by molar-refractivity contribution is -0.116. The van der Waals surface area contributed by atoms with Crippen molar-refractivity contribution in [3.8, 4) is 6.07 Å². The third-order valence-corrected chi connectivity index (χ3v) is 7.83. The van der Waals surface area contributed by atoms with Crippen molar-refractivity contribution in [2.45, 2.75) is 45.4 Å². The minimum absolute atomic E-state index is 0.0131. The van der Waals surface area contributed by atoms with Gasteiger partial charge in [0.1, 0.15) is 0 Å². The molecule has 0 saturated heterocycles. The molecule has 0 aliphatic heterocycles. The molecule has 0 spiro atoms. The molecule has 0 aromatic rings. The zero-order valence-electron chi connectivity index (χ0n) is 14.5. The van der Waals surface area contributed by atoms with Crippen molar-refractivity contribution in [3.05, 3.63) is 23.8 Å². The summed E-state index contributed by atoms with van der Waals surface area (Å²) in [6, 6.07) is 2.53. The van der Waals surface area contributed by atoms with E-state index in [0.29, 0.717) is 30.1 Å². The van der Waals surface area contributed by atoms with Crippen molar-refractivity contribution in [1.82, 2.24) is 0 Å². The Kier molecular flexibility index (Phi) is 3.73. The summed E-state index contributed by atoms with van der Waals surface area (Å²) < 4.78 is 0. The van der Waals surface area contributed by atoms with Crippen LogP contribution in [0, 0.1) is 52.3 Å². The minimum Gasteiger partial charge on any atom is -0.396 e. The van der Waals surface area contributed by atoms with Crippen LogP contribution in [0.3, 0.4) is 0 Å². The van der Waals surface area contributed by atoms with Gasteiger partial charge < -0.3 is 5.11 Å². The number of carbonyl (C=O) groups is 1. The largest absolute Gasteiger partial charge is 0.396 e. The van der Waals surface area contributed by atoms with Gasteiger partial charge in [-0.05, 0) is 67.3 Å². The number of allylic oxidation sites excluding steroid dienone is 1. The van der Waals surface area contributed by atoms with E-state index in [-0.39, 0.29) is 29.6 Å². The topological polar surface area (TPSA) is 61.1 Å². The predicted molar refractivity (Wildman–Crippen MR) is 91.7 cm³/mol. The summed E-state index contributed by atoms with van der Waals surface area (Å²) >= 11 is 0. The van der Waals surface area contributed by atoms with E-state index in [1.165, 1.54) is 5.57 Å². The summed E-state index contributed by atoms with van der Waals surface area (Å²) in [4.78, 5) is 11.9. The van der Waals surface area contributed by atoms with Crippen LogP contribution in [0.2, 0.25) is 0 Å². The fraction of sp³-hybridized carbons (Fsp3) is 0.714. The van der Waals surface area contributed by atoms with Gasteiger partial charge in [0.05, 0.1) is 12.0 Å². The Morgan fingerprint density at radius 1 is 1.42 bits per heavy atom. The number of carbonyl (C=O) groups excluding carboxylic acids is 1. The highest BCUT2D eigenvalue weighted by Crippen LogP contribution is 2.65. The highest BCUT2D eigenvalue weighted by molar-refractivity contribution is 5.91. The maximum absolute atomic E-state index is 11.9. The van der Waals surface area contributed by atoms with Gasteiger partial charge in [-0.3, -0.25) is 4.79 Å². The van der Waals surface area contributed by atoms with Crippen molar-refractivity contribution in [1.29, 1.82) is 5.26 Å². The first-order valence-corrected chi connectivity index (χ1v) is 9.42. The van der Waals surface area contributed by atoms with Crippen molar-refractivity contribution in [2.24, 2.45) is 40.9 Å². The monoisotopic (exact) mass is 325 g/mol. The van der Waals surface area contributed by atoms with Crippen LogP contribution in [-0.2, 0) is 4.79 Å². The Morgan fingerprint density at radius 3 is 2.92 bits per heavy atom. The van der Waals surface area contributed by atoms with Crippen LogP contribution < -0.4 is 0 Å². The molecule has 1 N–H and O–H groups in total. The number of hydrogen-bond donors (Lipinski definition) is 1. The van der Waals surface area contributed by atoms with Crippen LogP contribution >= 0.6 is 0 Å².